The number of amides is 1. The van der Waals surface area contributed by atoms with E-state index in [2.05, 4.69) is 34.9 Å². The van der Waals surface area contributed by atoms with Crippen molar-refractivity contribution in [1.82, 2.24) is 9.80 Å². The largest absolute Gasteiger partial charge is 0.486 e. The average molecular weight is 407 g/mol. The van der Waals surface area contributed by atoms with Crippen LogP contribution in [0.2, 0.25) is 0 Å². The summed E-state index contributed by atoms with van der Waals surface area (Å²) in [6.45, 7) is 1.83. The summed E-state index contributed by atoms with van der Waals surface area (Å²) in [5.74, 6) is 1.75. The van der Waals surface area contributed by atoms with Crippen LogP contribution in [0, 0.1) is 0 Å². The van der Waals surface area contributed by atoms with Gasteiger partial charge in [-0.1, -0.05) is 15.9 Å². The molecule has 2 aromatic rings. The molecule has 0 N–H and O–H groups in total. The summed E-state index contributed by atoms with van der Waals surface area (Å²) < 4.78 is 12.4. The molecule has 0 aliphatic carbocycles. The first-order valence-corrected chi connectivity index (χ1v) is 9.25. The molecule has 1 atom stereocenters. The first kappa shape index (κ1) is 18.0. The number of rotatable bonds is 5. The molecular formula is C19H23BrN2O3. The normalized spacial score (nSPS) is 17.8. The lowest BCUT2D eigenvalue weighted by molar-refractivity contribution is 0.0600. The Balaban J connectivity index is 1.58. The van der Waals surface area contributed by atoms with E-state index in [0.717, 1.165) is 36.2 Å². The monoisotopic (exact) mass is 406 g/mol. The molecule has 1 aromatic carbocycles. The highest BCUT2D eigenvalue weighted by atomic mass is 79.9. The summed E-state index contributed by atoms with van der Waals surface area (Å²) >= 11 is 3.39. The van der Waals surface area contributed by atoms with Crippen LogP contribution in [0.1, 0.15) is 29.2 Å². The lowest BCUT2D eigenvalue weighted by Crippen LogP contribution is -2.47. The molecule has 5 nitrogen and oxygen atoms in total. The van der Waals surface area contributed by atoms with Crippen molar-refractivity contribution < 1.29 is 13.9 Å². The second-order valence-corrected chi connectivity index (χ2v) is 7.44. The van der Waals surface area contributed by atoms with Crippen LogP contribution >= 0.6 is 15.9 Å². The van der Waals surface area contributed by atoms with Gasteiger partial charge < -0.3 is 19.0 Å². The third-order valence-corrected chi connectivity index (χ3v) is 5.01. The van der Waals surface area contributed by atoms with E-state index in [1.807, 2.05) is 29.2 Å². The van der Waals surface area contributed by atoms with Crippen molar-refractivity contribution in [3.63, 3.8) is 0 Å². The van der Waals surface area contributed by atoms with Gasteiger partial charge >= 0.3 is 0 Å². The van der Waals surface area contributed by atoms with Crippen LogP contribution in [-0.4, -0.2) is 48.9 Å². The maximum atomic E-state index is 12.7. The third kappa shape index (κ3) is 4.64. The van der Waals surface area contributed by atoms with Gasteiger partial charge in [0.1, 0.15) is 18.1 Å². The first-order chi connectivity index (χ1) is 12.0. The summed E-state index contributed by atoms with van der Waals surface area (Å²) in [5.41, 5.74) is 0. The molecule has 2 heterocycles. The molecule has 1 aromatic heterocycles. The number of nitrogens with zero attached hydrogens (tertiary/aromatic N) is 2. The van der Waals surface area contributed by atoms with Crippen molar-refractivity contribution in [3.05, 3.63) is 52.4 Å². The second-order valence-electron chi connectivity index (χ2n) is 6.52. The van der Waals surface area contributed by atoms with Crippen LogP contribution < -0.4 is 4.74 Å². The molecule has 1 aliphatic rings. The second kappa shape index (κ2) is 8.06. The van der Waals surface area contributed by atoms with E-state index < -0.39 is 0 Å². The van der Waals surface area contributed by atoms with Crippen LogP contribution in [0.25, 0.3) is 0 Å². The third-order valence-electron chi connectivity index (χ3n) is 4.48. The van der Waals surface area contributed by atoms with E-state index >= 15 is 0 Å². The summed E-state index contributed by atoms with van der Waals surface area (Å²) in [6, 6.07) is 11.6. The van der Waals surface area contributed by atoms with Gasteiger partial charge in [0.15, 0.2) is 5.76 Å². The van der Waals surface area contributed by atoms with E-state index in [1.54, 1.807) is 12.1 Å². The van der Waals surface area contributed by atoms with Gasteiger partial charge in [0, 0.05) is 23.6 Å². The lowest BCUT2D eigenvalue weighted by Gasteiger charge is -2.35. The minimum Gasteiger partial charge on any atom is -0.486 e. The summed E-state index contributed by atoms with van der Waals surface area (Å²) in [4.78, 5) is 16.7. The molecule has 134 valence electrons. The van der Waals surface area contributed by atoms with Crippen molar-refractivity contribution in [1.29, 1.82) is 0 Å². The Morgan fingerprint density at radius 2 is 2.04 bits per heavy atom. The Morgan fingerprint density at radius 1 is 1.28 bits per heavy atom. The van der Waals surface area contributed by atoms with Crippen LogP contribution in [-0.2, 0) is 6.61 Å². The molecule has 0 saturated carbocycles. The van der Waals surface area contributed by atoms with Crippen molar-refractivity contribution in [2.24, 2.45) is 0 Å². The number of piperidine rings is 1. The molecule has 1 fully saturated rings. The Hall–Kier alpha value is -1.79. The molecule has 1 unspecified atom stereocenters. The molecule has 1 saturated heterocycles. The highest BCUT2D eigenvalue weighted by molar-refractivity contribution is 9.10. The average Bonchev–Trinajstić information content (AvgIpc) is 3.09. The molecule has 0 bridgehead atoms. The smallest absolute Gasteiger partial charge is 0.289 e. The highest BCUT2D eigenvalue weighted by Gasteiger charge is 2.27. The number of furan rings is 1. The number of carbonyl (C=O) groups excluding carboxylic acids is 1. The van der Waals surface area contributed by atoms with Crippen molar-refractivity contribution >= 4 is 21.8 Å². The van der Waals surface area contributed by atoms with Gasteiger partial charge in [0.25, 0.3) is 5.91 Å². The highest BCUT2D eigenvalue weighted by Crippen LogP contribution is 2.20. The zero-order valence-corrected chi connectivity index (χ0v) is 16.2. The molecule has 3 rings (SSSR count). The van der Waals surface area contributed by atoms with Gasteiger partial charge in [-0.25, -0.2) is 0 Å². The molecule has 25 heavy (non-hydrogen) atoms. The minimum absolute atomic E-state index is 0.0403. The van der Waals surface area contributed by atoms with E-state index in [4.69, 9.17) is 9.15 Å². The number of likely N-dealkylation sites (N-methyl/N-ethyl adjacent to an activating group) is 1. The minimum atomic E-state index is -0.0403. The fraction of sp³-hybridized carbons (Fsp3) is 0.421. The molecule has 6 heteroatoms. The summed E-state index contributed by atoms with van der Waals surface area (Å²) in [5, 5.41) is 0. The van der Waals surface area contributed by atoms with Crippen LogP contribution in [0.3, 0.4) is 0 Å². The Kier molecular flexibility index (Phi) is 5.81. The van der Waals surface area contributed by atoms with E-state index in [-0.39, 0.29) is 5.91 Å². The molecule has 0 radical (unpaired) electrons. The standard InChI is InChI=1S/C19H23BrN2O3/c1-21(2)15-4-3-11-22(12-15)19(23)18-10-9-17(25-18)13-24-16-7-5-14(20)6-8-16/h5-10,15H,3-4,11-13H2,1-2H3. The predicted octanol–water partition coefficient (Wildman–Crippen LogP) is 3.79. The molecule has 0 spiro atoms. The number of likely N-dealkylation sites (tertiary alicyclic amines) is 1. The number of ether oxygens (including phenoxy) is 1. The van der Waals surface area contributed by atoms with Crippen LogP contribution in [0.4, 0.5) is 0 Å². The summed E-state index contributed by atoms with van der Waals surface area (Å²) in [6.07, 6.45) is 2.15. The Morgan fingerprint density at radius 3 is 2.76 bits per heavy atom. The van der Waals surface area contributed by atoms with Gasteiger partial charge in [-0.15, -0.1) is 0 Å². The molecular weight excluding hydrogens is 384 g/mol. The topological polar surface area (TPSA) is 45.9 Å². The fourth-order valence-electron chi connectivity index (χ4n) is 2.97. The Bertz CT molecular complexity index is 712. The predicted molar refractivity (Wildman–Crippen MR) is 99.8 cm³/mol. The molecule has 1 amide bonds. The lowest BCUT2D eigenvalue weighted by atomic mass is 10.0. The van der Waals surface area contributed by atoms with Crippen LogP contribution in [0.5, 0.6) is 5.75 Å². The van der Waals surface area contributed by atoms with E-state index in [1.165, 1.54) is 0 Å². The van der Waals surface area contributed by atoms with Crippen molar-refractivity contribution in [3.8, 4) is 5.75 Å². The first-order valence-electron chi connectivity index (χ1n) is 8.45. The maximum absolute atomic E-state index is 12.7. The maximum Gasteiger partial charge on any atom is 0.289 e. The molecule has 1 aliphatic heterocycles. The Labute approximate surface area is 156 Å². The number of carbonyl (C=O) groups is 1. The van der Waals surface area contributed by atoms with Gasteiger partial charge in [0.05, 0.1) is 0 Å². The van der Waals surface area contributed by atoms with Crippen LogP contribution in [0.15, 0.2) is 45.3 Å². The van der Waals surface area contributed by atoms with Gasteiger partial charge in [-0.3, -0.25) is 4.79 Å². The quantitative estimate of drug-likeness (QED) is 0.757. The summed E-state index contributed by atoms with van der Waals surface area (Å²) in [7, 11) is 4.12. The number of benzene rings is 1. The van der Waals surface area contributed by atoms with Crippen molar-refractivity contribution in [2.75, 3.05) is 27.2 Å². The van der Waals surface area contributed by atoms with Gasteiger partial charge in [-0.05, 0) is 63.3 Å². The van der Waals surface area contributed by atoms with E-state index in [9.17, 15) is 4.79 Å². The van der Waals surface area contributed by atoms with Gasteiger partial charge in [0.2, 0.25) is 0 Å². The zero-order valence-electron chi connectivity index (χ0n) is 14.6. The fourth-order valence-corrected chi connectivity index (χ4v) is 3.24. The SMILES string of the molecule is CN(C)C1CCCN(C(=O)c2ccc(COc3ccc(Br)cc3)o2)C1. The number of halogens is 1. The van der Waals surface area contributed by atoms with Crippen molar-refractivity contribution in [2.45, 2.75) is 25.5 Å². The number of hydrogen-bond acceptors (Lipinski definition) is 4. The number of hydrogen-bond donors (Lipinski definition) is 0. The van der Waals surface area contributed by atoms with Gasteiger partial charge in [-0.2, -0.15) is 0 Å². The zero-order chi connectivity index (χ0) is 17.8. The van der Waals surface area contributed by atoms with E-state index in [0.29, 0.717) is 24.2 Å².